The fourth-order valence-corrected chi connectivity index (χ4v) is 4.80. The van der Waals surface area contributed by atoms with Gasteiger partial charge in [-0.2, -0.15) is 0 Å². The maximum absolute atomic E-state index is 10.7. The minimum atomic E-state index is -0.988. The highest BCUT2D eigenvalue weighted by molar-refractivity contribution is 5.65. The van der Waals surface area contributed by atoms with Gasteiger partial charge in [-0.15, -0.1) is 10.2 Å². The average Bonchev–Trinajstić information content (AvgIpc) is 2.85. The summed E-state index contributed by atoms with van der Waals surface area (Å²) in [6.45, 7) is 6.03. The van der Waals surface area contributed by atoms with Crippen LogP contribution in [0.5, 0.6) is 17.4 Å². The zero-order chi connectivity index (χ0) is 25.7. The van der Waals surface area contributed by atoms with Gasteiger partial charge in [0.05, 0.1) is 11.8 Å². The number of hydrogen-bond acceptors (Lipinski definition) is 6. The Kier molecular flexibility index (Phi) is 7.74. The van der Waals surface area contributed by atoms with Crippen LogP contribution in [0.25, 0.3) is 0 Å². The molecule has 1 fully saturated rings. The highest BCUT2D eigenvalue weighted by atomic mass is 16.5. The maximum atomic E-state index is 10.7. The summed E-state index contributed by atoms with van der Waals surface area (Å²) < 4.78 is 11.9. The average molecular weight is 492 g/mol. The molecule has 8 nitrogen and oxygen atoms in total. The fraction of sp³-hybridized carbons (Fsp3) is 0.393. The van der Waals surface area contributed by atoms with Crippen LogP contribution >= 0.6 is 0 Å². The molecule has 1 amide bonds. The monoisotopic (exact) mass is 491 g/mol. The van der Waals surface area contributed by atoms with E-state index in [0.717, 1.165) is 18.6 Å². The van der Waals surface area contributed by atoms with Gasteiger partial charge in [-0.3, -0.25) is 0 Å². The third-order valence-electron chi connectivity index (χ3n) is 7.06. The smallest absolute Gasteiger partial charge is 0.404 e. The first kappa shape index (κ1) is 25.4. The molecule has 1 aliphatic carbocycles. The second-order valence-electron chi connectivity index (χ2n) is 9.27. The molecular weight excluding hydrogens is 458 g/mol. The summed E-state index contributed by atoms with van der Waals surface area (Å²) in [5, 5.41) is 28.9. The van der Waals surface area contributed by atoms with Gasteiger partial charge in [-0.1, -0.05) is 38.1 Å². The largest absolute Gasteiger partial charge is 0.490 e. The molecule has 190 valence electrons. The molecule has 8 heteroatoms. The topological polar surface area (TPSA) is 114 Å². The Hall–Kier alpha value is -3.65. The predicted molar refractivity (Wildman–Crippen MR) is 136 cm³/mol. The Labute approximate surface area is 211 Å². The van der Waals surface area contributed by atoms with E-state index in [-0.39, 0.29) is 17.6 Å². The summed E-state index contributed by atoms with van der Waals surface area (Å²) in [4.78, 5) is 10.7. The molecule has 3 aromatic rings. The Morgan fingerprint density at radius 2 is 1.56 bits per heavy atom. The third-order valence-corrected chi connectivity index (χ3v) is 7.06. The molecule has 36 heavy (non-hydrogen) atoms. The van der Waals surface area contributed by atoms with Gasteiger partial charge < -0.3 is 25.0 Å². The van der Waals surface area contributed by atoms with E-state index in [1.54, 1.807) is 19.1 Å². The van der Waals surface area contributed by atoms with Crippen molar-refractivity contribution < 1.29 is 24.5 Å². The first-order chi connectivity index (χ1) is 17.3. The molecule has 0 radical (unpaired) electrons. The second-order valence-corrected chi connectivity index (χ2v) is 9.27. The lowest BCUT2D eigenvalue weighted by Gasteiger charge is -2.35. The van der Waals surface area contributed by atoms with E-state index >= 15 is 0 Å². The van der Waals surface area contributed by atoms with Gasteiger partial charge >= 0.3 is 6.09 Å². The van der Waals surface area contributed by atoms with Crippen LogP contribution in [0.3, 0.4) is 0 Å². The van der Waals surface area contributed by atoms with Gasteiger partial charge in [0.1, 0.15) is 17.6 Å². The van der Waals surface area contributed by atoms with Crippen molar-refractivity contribution in [3.63, 3.8) is 0 Å². The van der Waals surface area contributed by atoms with Crippen LogP contribution in [0.4, 0.5) is 4.79 Å². The highest BCUT2D eigenvalue weighted by Gasteiger charge is 2.33. The normalized spacial score (nSPS) is 18.1. The lowest BCUT2D eigenvalue weighted by molar-refractivity contribution is 0.0833. The van der Waals surface area contributed by atoms with E-state index in [0.29, 0.717) is 30.2 Å². The van der Waals surface area contributed by atoms with Crippen molar-refractivity contribution in [2.75, 3.05) is 0 Å². The second kappa shape index (κ2) is 11.0. The molecule has 1 aliphatic rings. The third kappa shape index (κ3) is 5.60. The van der Waals surface area contributed by atoms with Crippen molar-refractivity contribution >= 4 is 6.09 Å². The summed E-state index contributed by atoms with van der Waals surface area (Å²) in [5.41, 5.74) is 2.76. The van der Waals surface area contributed by atoms with Gasteiger partial charge in [0, 0.05) is 30.4 Å². The Morgan fingerprint density at radius 1 is 0.972 bits per heavy atom. The molecular formula is C28H33N3O5. The van der Waals surface area contributed by atoms with Gasteiger partial charge in [-0.05, 0) is 61.2 Å². The lowest BCUT2D eigenvalue weighted by Crippen LogP contribution is -2.48. The summed E-state index contributed by atoms with van der Waals surface area (Å²) >= 11 is 0. The number of hydrogen-bond donors (Lipinski definition) is 3. The summed E-state index contributed by atoms with van der Waals surface area (Å²) in [7, 11) is 0. The fourth-order valence-electron chi connectivity index (χ4n) is 4.80. The van der Waals surface area contributed by atoms with E-state index in [2.05, 4.69) is 53.6 Å². The Bertz CT molecular complexity index is 1140. The lowest BCUT2D eigenvalue weighted by atomic mass is 9.70. The quantitative estimate of drug-likeness (QED) is 0.338. The zero-order valence-electron chi connectivity index (χ0n) is 20.8. The molecule has 1 saturated carbocycles. The maximum Gasteiger partial charge on any atom is 0.404 e. The van der Waals surface area contributed by atoms with Crippen molar-refractivity contribution in [3.8, 4) is 17.4 Å². The van der Waals surface area contributed by atoms with Crippen LogP contribution in [-0.2, 0) is 5.41 Å². The van der Waals surface area contributed by atoms with Crippen LogP contribution in [0.15, 0.2) is 60.7 Å². The first-order valence-corrected chi connectivity index (χ1v) is 12.4. The number of carbonyl (C=O) groups is 1. The predicted octanol–water partition coefficient (Wildman–Crippen LogP) is 5.61. The molecule has 3 N–H and O–H groups in total. The number of nitrogens with one attached hydrogen (secondary N) is 1. The van der Waals surface area contributed by atoms with Crippen molar-refractivity contribution in [1.82, 2.24) is 15.5 Å². The SMILES string of the molecule is CCC(CC)(c1ccc(Oc2ccc(C(C)O)nn2)cc1)c1ccc(OC2CC(NC(=O)O)C2)cc1. The van der Waals surface area contributed by atoms with Crippen LogP contribution < -0.4 is 14.8 Å². The number of benzene rings is 2. The number of carboxylic acid groups (broad SMARTS) is 1. The molecule has 1 aromatic heterocycles. The highest BCUT2D eigenvalue weighted by Crippen LogP contribution is 2.40. The van der Waals surface area contributed by atoms with Crippen LogP contribution in [0, 0.1) is 0 Å². The van der Waals surface area contributed by atoms with Crippen molar-refractivity contribution in [2.24, 2.45) is 0 Å². The number of aliphatic hydroxyl groups excluding tert-OH is 1. The minimum absolute atomic E-state index is 0.0257. The molecule has 1 unspecified atom stereocenters. The molecule has 1 atom stereocenters. The Morgan fingerprint density at radius 3 is 2.03 bits per heavy atom. The number of rotatable bonds is 10. The number of nitrogens with zero attached hydrogens (tertiary/aromatic N) is 2. The van der Waals surface area contributed by atoms with Gasteiger partial charge in [-0.25, -0.2) is 4.79 Å². The summed E-state index contributed by atoms with van der Waals surface area (Å²) in [6, 6.07) is 19.7. The van der Waals surface area contributed by atoms with Crippen LogP contribution in [0.2, 0.25) is 0 Å². The van der Waals surface area contributed by atoms with Crippen LogP contribution in [0.1, 0.15) is 69.4 Å². The van der Waals surface area contributed by atoms with E-state index in [9.17, 15) is 9.90 Å². The number of aromatic nitrogens is 2. The minimum Gasteiger partial charge on any atom is -0.490 e. The van der Waals surface area contributed by atoms with E-state index in [1.807, 2.05) is 24.3 Å². The van der Waals surface area contributed by atoms with Gasteiger partial charge in [0.25, 0.3) is 0 Å². The summed E-state index contributed by atoms with van der Waals surface area (Å²) in [5.74, 6) is 1.83. The molecule has 0 aliphatic heterocycles. The van der Waals surface area contributed by atoms with Gasteiger partial charge in [0.15, 0.2) is 0 Å². The standard InChI is InChI=1S/C28H33N3O5/c1-4-28(5-2,19-6-10-22(11-7-19)35-24-16-21(17-24)29-27(33)34)20-8-12-23(13-9-20)36-26-15-14-25(18(3)32)30-31-26/h6-15,18,21,24,29,32H,4-5,16-17H2,1-3H3,(H,33,34). The van der Waals surface area contributed by atoms with Gasteiger partial charge in [0.2, 0.25) is 5.88 Å². The first-order valence-electron chi connectivity index (χ1n) is 12.4. The van der Waals surface area contributed by atoms with Crippen molar-refractivity contribution in [3.05, 3.63) is 77.5 Å². The molecule has 0 saturated heterocycles. The van der Waals surface area contributed by atoms with E-state index in [1.165, 1.54) is 11.1 Å². The van der Waals surface area contributed by atoms with E-state index < -0.39 is 12.2 Å². The zero-order valence-corrected chi connectivity index (χ0v) is 20.8. The molecule has 2 aromatic carbocycles. The van der Waals surface area contributed by atoms with E-state index in [4.69, 9.17) is 14.6 Å². The molecule has 0 bridgehead atoms. The molecule has 0 spiro atoms. The number of amides is 1. The molecule has 4 rings (SSSR count). The van der Waals surface area contributed by atoms with Crippen molar-refractivity contribution in [2.45, 2.75) is 70.1 Å². The Balaban J connectivity index is 1.43. The van der Waals surface area contributed by atoms with Crippen LogP contribution in [-0.4, -0.2) is 38.6 Å². The summed E-state index contributed by atoms with van der Waals surface area (Å²) in [6.07, 6.45) is 1.62. The number of ether oxygens (including phenoxy) is 2. The van der Waals surface area contributed by atoms with Crippen molar-refractivity contribution in [1.29, 1.82) is 0 Å². The number of aliphatic hydroxyl groups is 1. The molecule has 1 heterocycles.